The molecule has 4 aromatic rings. The standard InChI is InChI=1S/C29H32N2O2/c1-5-22-10-12-23(13-11-22)20-31-19-18-25-26(31)16-17-27(33-29(32)30(6-2)7-3)28(25)24-14-8-21(4)9-15-24/h8-19H,5-7,20H2,1-4H3. The zero-order valence-electron chi connectivity index (χ0n) is 20.0. The van der Waals surface area contributed by atoms with E-state index in [4.69, 9.17) is 4.74 Å². The van der Waals surface area contributed by atoms with Crippen molar-refractivity contribution < 1.29 is 9.53 Å². The van der Waals surface area contributed by atoms with Gasteiger partial charge in [0.2, 0.25) is 0 Å². The molecule has 1 heterocycles. The van der Waals surface area contributed by atoms with Crippen molar-refractivity contribution >= 4 is 17.0 Å². The van der Waals surface area contributed by atoms with Crippen molar-refractivity contribution in [2.45, 2.75) is 40.7 Å². The van der Waals surface area contributed by atoms with Gasteiger partial charge >= 0.3 is 6.09 Å². The van der Waals surface area contributed by atoms with Gasteiger partial charge in [0.1, 0.15) is 5.75 Å². The van der Waals surface area contributed by atoms with Gasteiger partial charge in [0, 0.05) is 42.3 Å². The lowest BCUT2D eigenvalue weighted by Gasteiger charge is -2.20. The summed E-state index contributed by atoms with van der Waals surface area (Å²) in [6.07, 6.45) is 2.84. The molecule has 1 aromatic heterocycles. The van der Waals surface area contributed by atoms with Crippen LogP contribution in [0, 0.1) is 6.92 Å². The lowest BCUT2D eigenvalue weighted by atomic mass is 9.99. The maximum absolute atomic E-state index is 12.7. The molecule has 0 radical (unpaired) electrons. The third-order valence-electron chi connectivity index (χ3n) is 6.26. The predicted molar refractivity (Wildman–Crippen MR) is 136 cm³/mol. The van der Waals surface area contributed by atoms with Crippen LogP contribution in [0.5, 0.6) is 5.75 Å². The number of ether oxygens (including phenoxy) is 1. The maximum Gasteiger partial charge on any atom is 0.415 e. The van der Waals surface area contributed by atoms with E-state index in [2.05, 4.69) is 85.3 Å². The fourth-order valence-electron chi connectivity index (χ4n) is 4.21. The van der Waals surface area contributed by atoms with Crippen LogP contribution in [-0.2, 0) is 13.0 Å². The minimum atomic E-state index is -0.317. The Morgan fingerprint density at radius 3 is 2.15 bits per heavy atom. The van der Waals surface area contributed by atoms with Gasteiger partial charge in [-0.3, -0.25) is 0 Å². The Morgan fingerprint density at radius 2 is 1.52 bits per heavy atom. The summed E-state index contributed by atoms with van der Waals surface area (Å²) in [5.74, 6) is 0.591. The average molecular weight is 441 g/mol. The summed E-state index contributed by atoms with van der Waals surface area (Å²) in [5.41, 5.74) is 6.91. The molecule has 0 atom stereocenters. The molecular formula is C29H32N2O2. The van der Waals surface area contributed by atoms with E-state index in [1.54, 1.807) is 4.90 Å². The zero-order chi connectivity index (χ0) is 23.4. The molecule has 170 valence electrons. The van der Waals surface area contributed by atoms with Crippen LogP contribution in [-0.4, -0.2) is 28.6 Å². The molecule has 0 bridgehead atoms. The number of nitrogens with zero attached hydrogens (tertiary/aromatic N) is 2. The van der Waals surface area contributed by atoms with Crippen molar-refractivity contribution in [3.63, 3.8) is 0 Å². The summed E-state index contributed by atoms with van der Waals surface area (Å²) in [7, 11) is 0. The normalized spacial score (nSPS) is 11.0. The Kier molecular flexibility index (Phi) is 6.83. The first-order chi connectivity index (χ1) is 16.0. The molecule has 0 unspecified atom stereocenters. The number of hydrogen-bond donors (Lipinski definition) is 0. The van der Waals surface area contributed by atoms with E-state index in [0.717, 1.165) is 35.0 Å². The van der Waals surface area contributed by atoms with Gasteiger partial charge in [0.05, 0.1) is 0 Å². The monoisotopic (exact) mass is 440 g/mol. The highest BCUT2D eigenvalue weighted by Crippen LogP contribution is 2.38. The van der Waals surface area contributed by atoms with Gasteiger partial charge in [-0.25, -0.2) is 4.79 Å². The van der Waals surface area contributed by atoms with Crippen molar-refractivity contribution in [3.8, 4) is 16.9 Å². The molecule has 0 aliphatic carbocycles. The summed E-state index contributed by atoms with van der Waals surface area (Å²) < 4.78 is 8.17. The smallest absolute Gasteiger partial charge is 0.410 e. The highest BCUT2D eigenvalue weighted by molar-refractivity contribution is 5.99. The Labute approximate surface area is 196 Å². The van der Waals surface area contributed by atoms with Crippen molar-refractivity contribution in [1.82, 2.24) is 9.47 Å². The molecule has 4 heteroatoms. The Morgan fingerprint density at radius 1 is 0.848 bits per heavy atom. The number of aryl methyl sites for hydroxylation is 2. The summed E-state index contributed by atoms with van der Waals surface area (Å²) in [6, 6.07) is 23.3. The largest absolute Gasteiger partial charge is 0.415 e. The van der Waals surface area contributed by atoms with E-state index in [9.17, 15) is 4.79 Å². The number of carbonyl (C=O) groups excluding carboxylic acids is 1. The Balaban J connectivity index is 1.77. The number of hydrogen-bond acceptors (Lipinski definition) is 2. The molecule has 4 nitrogen and oxygen atoms in total. The second-order valence-corrected chi connectivity index (χ2v) is 8.39. The van der Waals surface area contributed by atoms with Crippen LogP contribution in [0.3, 0.4) is 0 Å². The first-order valence-corrected chi connectivity index (χ1v) is 11.8. The topological polar surface area (TPSA) is 34.5 Å². The summed E-state index contributed by atoms with van der Waals surface area (Å²) in [6.45, 7) is 10.2. The summed E-state index contributed by atoms with van der Waals surface area (Å²) in [5, 5.41) is 1.08. The van der Waals surface area contributed by atoms with Gasteiger partial charge in [-0.1, -0.05) is 61.0 Å². The molecule has 0 saturated heterocycles. The number of fused-ring (bicyclic) bond motifs is 1. The molecule has 0 aliphatic rings. The number of amides is 1. The van der Waals surface area contributed by atoms with E-state index in [0.29, 0.717) is 18.8 Å². The SMILES string of the molecule is CCc1ccc(Cn2ccc3c(-c4ccc(C)cc4)c(OC(=O)N(CC)CC)ccc32)cc1. The van der Waals surface area contributed by atoms with Gasteiger partial charge in [-0.05, 0) is 62.1 Å². The second-order valence-electron chi connectivity index (χ2n) is 8.39. The van der Waals surface area contributed by atoms with Crippen LogP contribution in [0.15, 0.2) is 72.9 Å². The average Bonchev–Trinajstić information content (AvgIpc) is 3.23. The molecule has 33 heavy (non-hydrogen) atoms. The minimum Gasteiger partial charge on any atom is -0.410 e. The number of aromatic nitrogens is 1. The third-order valence-corrected chi connectivity index (χ3v) is 6.26. The number of rotatable bonds is 7. The van der Waals surface area contributed by atoms with Crippen molar-refractivity contribution in [3.05, 3.63) is 89.6 Å². The van der Waals surface area contributed by atoms with Crippen LogP contribution in [0.4, 0.5) is 4.79 Å². The molecule has 0 aliphatic heterocycles. The quantitative estimate of drug-likeness (QED) is 0.308. The van der Waals surface area contributed by atoms with Crippen LogP contribution in [0.1, 0.15) is 37.5 Å². The minimum absolute atomic E-state index is 0.317. The molecule has 0 saturated carbocycles. The lowest BCUT2D eigenvalue weighted by molar-refractivity contribution is 0.157. The van der Waals surface area contributed by atoms with Gasteiger partial charge in [-0.2, -0.15) is 0 Å². The Bertz CT molecular complexity index is 1230. The molecule has 0 fully saturated rings. The van der Waals surface area contributed by atoms with E-state index >= 15 is 0 Å². The van der Waals surface area contributed by atoms with Crippen LogP contribution in [0.25, 0.3) is 22.0 Å². The first kappa shape index (κ1) is 22.7. The molecular weight excluding hydrogens is 408 g/mol. The summed E-state index contributed by atoms with van der Waals surface area (Å²) in [4.78, 5) is 14.4. The van der Waals surface area contributed by atoms with E-state index in [1.165, 1.54) is 16.7 Å². The molecule has 0 N–H and O–H groups in total. The van der Waals surface area contributed by atoms with E-state index in [-0.39, 0.29) is 6.09 Å². The summed E-state index contributed by atoms with van der Waals surface area (Å²) >= 11 is 0. The first-order valence-electron chi connectivity index (χ1n) is 11.8. The fourth-order valence-corrected chi connectivity index (χ4v) is 4.21. The van der Waals surface area contributed by atoms with E-state index in [1.807, 2.05) is 19.9 Å². The number of benzene rings is 3. The van der Waals surface area contributed by atoms with Crippen LogP contribution < -0.4 is 4.74 Å². The molecule has 3 aromatic carbocycles. The van der Waals surface area contributed by atoms with Gasteiger partial charge < -0.3 is 14.2 Å². The molecule has 0 spiro atoms. The highest BCUT2D eigenvalue weighted by atomic mass is 16.6. The van der Waals surface area contributed by atoms with E-state index < -0.39 is 0 Å². The fraction of sp³-hybridized carbons (Fsp3) is 0.276. The second kappa shape index (κ2) is 9.95. The highest BCUT2D eigenvalue weighted by Gasteiger charge is 2.19. The number of carbonyl (C=O) groups is 1. The van der Waals surface area contributed by atoms with Crippen molar-refractivity contribution in [2.75, 3.05) is 13.1 Å². The molecule has 4 rings (SSSR count). The molecule has 1 amide bonds. The van der Waals surface area contributed by atoms with Crippen molar-refractivity contribution in [2.24, 2.45) is 0 Å². The van der Waals surface area contributed by atoms with Gasteiger partial charge in [0.25, 0.3) is 0 Å². The lowest BCUT2D eigenvalue weighted by Crippen LogP contribution is -2.33. The van der Waals surface area contributed by atoms with Crippen LogP contribution in [0.2, 0.25) is 0 Å². The zero-order valence-corrected chi connectivity index (χ0v) is 20.0. The van der Waals surface area contributed by atoms with Crippen molar-refractivity contribution in [1.29, 1.82) is 0 Å². The maximum atomic E-state index is 12.7. The predicted octanol–water partition coefficient (Wildman–Crippen LogP) is 7.07. The van der Waals surface area contributed by atoms with Gasteiger partial charge in [0.15, 0.2) is 0 Å². The van der Waals surface area contributed by atoms with Gasteiger partial charge in [-0.15, -0.1) is 0 Å². The van der Waals surface area contributed by atoms with Crippen LogP contribution >= 0.6 is 0 Å². The third kappa shape index (κ3) is 4.80. The Hall–Kier alpha value is -3.53.